The van der Waals surface area contributed by atoms with Gasteiger partial charge in [0.25, 0.3) is 0 Å². The molecule has 1 aliphatic rings. The fourth-order valence-corrected chi connectivity index (χ4v) is 2.02. The van der Waals surface area contributed by atoms with E-state index >= 15 is 0 Å². The molecule has 1 N–H and O–H groups in total. The van der Waals surface area contributed by atoms with Gasteiger partial charge in [-0.1, -0.05) is 0 Å². The molecular formula is C11H16F3N3. The molecule has 1 aliphatic heterocycles. The Balaban J connectivity index is 2.07. The van der Waals surface area contributed by atoms with Gasteiger partial charge in [0.15, 0.2) is 0 Å². The lowest BCUT2D eigenvalue weighted by atomic mass is 10.2. The SMILES string of the molecule is Cn1cc(C(F)(F)F)cc1CN1CCNCC1. The lowest BCUT2D eigenvalue weighted by Crippen LogP contribution is -2.43. The highest BCUT2D eigenvalue weighted by Crippen LogP contribution is 2.30. The number of hydrogen-bond acceptors (Lipinski definition) is 2. The molecule has 0 spiro atoms. The Kier molecular flexibility index (Phi) is 3.44. The van der Waals surface area contributed by atoms with Crippen LogP contribution >= 0.6 is 0 Å². The second-order valence-electron chi connectivity index (χ2n) is 4.35. The number of hydrogen-bond donors (Lipinski definition) is 1. The zero-order valence-corrected chi connectivity index (χ0v) is 9.72. The van der Waals surface area contributed by atoms with Gasteiger partial charge >= 0.3 is 6.18 Å². The van der Waals surface area contributed by atoms with Gasteiger partial charge in [-0.15, -0.1) is 0 Å². The van der Waals surface area contributed by atoms with E-state index in [0.29, 0.717) is 12.2 Å². The van der Waals surface area contributed by atoms with Gasteiger partial charge in [-0.3, -0.25) is 4.90 Å². The molecule has 1 fully saturated rings. The zero-order valence-electron chi connectivity index (χ0n) is 9.72. The van der Waals surface area contributed by atoms with Crippen molar-refractivity contribution in [1.29, 1.82) is 0 Å². The van der Waals surface area contributed by atoms with Gasteiger partial charge in [-0.05, 0) is 6.07 Å². The molecule has 6 heteroatoms. The van der Waals surface area contributed by atoms with Crippen LogP contribution in [0.2, 0.25) is 0 Å². The molecule has 0 unspecified atom stereocenters. The van der Waals surface area contributed by atoms with Gasteiger partial charge in [0.05, 0.1) is 5.56 Å². The number of piperazine rings is 1. The van der Waals surface area contributed by atoms with Crippen LogP contribution in [-0.2, 0) is 19.8 Å². The molecule has 3 nitrogen and oxygen atoms in total. The van der Waals surface area contributed by atoms with E-state index in [1.165, 1.54) is 6.07 Å². The summed E-state index contributed by atoms with van der Waals surface area (Å²) < 4.78 is 39.1. The maximum atomic E-state index is 12.5. The molecule has 1 aromatic heterocycles. The molecule has 0 bridgehead atoms. The summed E-state index contributed by atoms with van der Waals surface area (Å²) in [5.41, 5.74) is 0.143. The van der Waals surface area contributed by atoms with E-state index in [2.05, 4.69) is 10.2 Å². The molecule has 2 heterocycles. The van der Waals surface area contributed by atoms with Gasteiger partial charge in [-0.2, -0.15) is 13.2 Å². The van der Waals surface area contributed by atoms with Gasteiger partial charge in [0.2, 0.25) is 0 Å². The number of aryl methyl sites for hydroxylation is 1. The molecule has 0 aliphatic carbocycles. The normalized spacial score (nSPS) is 18.6. The average Bonchev–Trinajstić information content (AvgIpc) is 2.62. The highest BCUT2D eigenvalue weighted by atomic mass is 19.4. The van der Waals surface area contributed by atoms with Crippen molar-refractivity contribution in [2.45, 2.75) is 12.7 Å². The molecule has 96 valence electrons. The Morgan fingerprint density at radius 3 is 2.47 bits per heavy atom. The number of halogens is 3. The van der Waals surface area contributed by atoms with Crippen molar-refractivity contribution in [3.8, 4) is 0 Å². The Bertz CT molecular complexity index is 378. The van der Waals surface area contributed by atoms with Crippen LogP contribution in [0.25, 0.3) is 0 Å². The molecule has 0 saturated carbocycles. The van der Waals surface area contributed by atoms with Gasteiger partial charge in [-0.25, -0.2) is 0 Å². The third kappa shape index (κ3) is 3.01. The van der Waals surface area contributed by atoms with E-state index < -0.39 is 11.7 Å². The van der Waals surface area contributed by atoms with Crippen LogP contribution in [0.3, 0.4) is 0 Å². The highest BCUT2D eigenvalue weighted by molar-refractivity contribution is 5.21. The maximum absolute atomic E-state index is 12.5. The topological polar surface area (TPSA) is 20.2 Å². The molecular weight excluding hydrogens is 231 g/mol. The van der Waals surface area contributed by atoms with E-state index in [1.807, 2.05) is 0 Å². The number of aromatic nitrogens is 1. The van der Waals surface area contributed by atoms with Gasteiger partial charge in [0.1, 0.15) is 0 Å². The first-order chi connectivity index (χ1) is 7.97. The second kappa shape index (κ2) is 4.70. The summed E-state index contributed by atoms with van der Waals surface area (Å²) in [6.07, 6.45) is -3.10. The molecule has 17 heavy (non-hydrogen) atoms. The van der Waals surface area contributed by atoms with Crippen LogP contribution in [0.15, 0.2) is 12.3 Å². The lowest BCUT2D eigenvalue weighted by Gasteiger charge is -2.27. The van der Waals surface area contributed by atoms with Crippen molar-refractivity contribution in [3.05, 3.63) is 23.5 Å². The summed E-state index contributed by atoms with van der Waals surface area (Å²) in [6.45, 7) is 4.14. The zero-order chi connectivity index (χ0) is 12.5. The summed E-state index contributed by atoms with van der Waals surface area (Å²) in [7, 11) is 1.66. The van der Waals surface area contributed by atoms with Crippen LogP contribution < -0.4 is 5.32 Å². The van der Waals surface area contributed by atoms with Crippen molar-refractivity contribution in [1.82, 2.24) is 14.8 Å². The minimum absolute atomic E-state index is 0.565. The Hall–Kier alpha value is -1.01. The highest BCUT2D eigenvalue weighted by Gasteiger charge is 2.32. The van der Waals surface area contributed by atoms with Crippen LogP contribution in [-0.4, -0.2) is 35.6 Å². The summed E-state index contributed by atoms with van der Waals surface area (Å²) in [4.78, 5) is 2.16. The van der Waals surface area contributed by atoms with Crippen molar-refractivity contribution in [2.24, 2.45) is 7.05 Å². The van der Waals surface area contributed by atoms with Crippen LogP contribution in [0.5, 0.6) is 0 Å². The van der Waals surface area contributed by atoms with Crippen molar-refractivity contribution in [2.75, 3.05) is 26.2 Å². The third-order valence-corrected chi connectivity index (χ3v) is 3.03. The number of rotatable bonds is 2. The van der Waals surface area contributed by atoms with Gasteiger partial charge < -0.3 is 9.88 Å². The minimum Gasteiger partial charge on any atom is -0.353 e. The first kappa shape index (κ1) is 12.4. The minimum atomic E-state index is -4.25. The van der Waals surface area contributed by atoms with Crippen molar-refractivity contribution in [3.63, 3.8) is 0 Å². The van der Waals surface area contributed by atoms with E-state index in [4.69, 9.17) is 0 Å². The molecule has 0 amide bonds. The molecule has 1 aromatic rings. The molecule has 0 radical (unpaired) electrons. The first-order valence-electron chi connectivity index (χ1n) is 5.62. The van der Waals surface area contributed by atoms with E-state index in [0.717, 1.165) is 32.4 Å². The third-order valence-electron chi connectivity index (χ3n) is 3.03. The summed E-state index contributed by atoms with van der Waals surface area (Å²) in [5, 5.41) is 3.22. The predicted molar refractivity (Wildman–Crippen MR) is 58.6 cm³/mol. The quantitative estimate of drug-likeness (QED) is 0.853. The summed E-state index contributed by atoms with van der Waals surface area (Å²) >= 11 is 0. The second-order valence-corrected chi connectivity index (χ2v) is 4.35. The summed E-state index contributed by atoms with van der Waals surface area (Å²) in [5.74, 6) is 0. The number of alkyl halides is 3. The Morgan fingerprint density at radius 1 is 1.29 bits per heavy atom. The Morgan fingerprint density at radius 2 is 1.94 bits per heavy atom. The number of nitrogens with one attached hydrogen (secondary N) is 1. The smallest absolute Gasteiger partial charge is 0.353 e. The average molecular weight is 247 g/mol. The van der Waals surface area contributed by atoms with Crippen molar-refractivity contribution >= 4 is 0 Å². The van der Waals surface area contributed by atoms with E-state index in [9.17, 15) is 13.2 Å². The predicted octanol–water partition coefficient (Wildman–Crippen LogP) is 1.45. The maximum Gasteiger partial charge on any atom is 0.417 e. The van der Waals surface area contributed by atoms with Crippen molar-refractivity contribution < 1.29 is 13.2 Å². The lowest BCUT2D eigenvalue weighted by molar-refractivity contribution is -0.137. The molecule has 0 atom stereocenters. The van der Waals surface area contributed by atoms with Crippen LogP contribution in [0.1, 0.15) is 11.3 Å². The monoisotopic (exact) mass is 247 g/mol. The van der Waals surface area contributed by atoms with Gasteiger partial charge in [0, 0.05) is 51.7 Å². The van der Waals surface area contributed by atoms with Crippen LogP contribution in [0.4, 0.5) is 13.2 Å². The standard InChI is InChI=1S/C11H16F3N3/c1-16-7-9(11(12,13)14)6-10(16)8-17-4-2-15-3-5-17/h6-7,15H,2-5,8H2,1H3. The number of nitrogens with zero attached hydrogens (tertiary/aromatic N) is 2. The summed E-state index contributed by atoms with van der Waals surface area (Å²) in [6, 6.07) is 1.24. The Labute approximate surface area is 98.2 Å². The van der Waals surface area contributed by atoms with E-state index in [1.54, 1.807) is 11.6 Å². The fraction of sp³-hybridized carbons (Fsp3) is 0.636. The molecule has 0 aromatic carbocycles. The fourth-order valence-electron chi connectivity index (χ4n) is 2.02. The van der Waals surface area contributed by atoms with Crippen LogP contribution in [0, 0.1) is 0 Å². The van der Waals surface area contributed by atoms with E-state index in [-0.39, 0.29) is 0 Å². The first-order valence-corrected chi connectivity index (χ1v) is 5.62. The molecule has 2 rings (SSSR count). The largest absolute Gasteiger partial charge is 0.417 e. The molecule has 1 saturated heterocycles.